The van der Waals surface area contributed by atoms with Crippen LogP contribution in [0.4, 0.5) is 5.69 Å². The van der Waals surface area contributed by atoms with Gasteiger partial charge >= 0.3 is 0 Å². The molecule has 0 bridgehead atoms. The van der Waals surface area contributed by atoms with E-state index in [9.17, 15) is 9.59 Å². The SMILES string of the molecule is COc1cccc(CC[NH2+][C@@H]2CC(=O)N(c3ccc(C)cc3)C2=O)c1. The molecule has 1 atom stereocenters. The Hall–Kier alpha value is -2.66. The van der Waals surface area contributed by atoms with E-state index in [0.29, 0.717) is 5.69 Å². The molecule has 3 rings (SSSR count). The summed E-state index contributed by atoms with van der Waals surface area (Å²) in [4.78, 5) is 26.2. The standard InChI is InChI=1S/C20H22N2O3/c1-14-6-8-16(9-7-14)22-19(23)13-18(20(22)24)21-11-10-15-4-3-5-17(12-15)25-2/h3-9,12,18,21H,10-11,13H2,1-2H3/p+1/t18-/m1/s1. The highest BCUT2D eigenvalue weighted by molar-refractivity contribution is 6.21. The van der Waals surface area contributed by atoms with E-state index in [0.717, 1.165) is 29.8 Å². The van der Waals surface area contributed by atoms with Crippen LogP contribution in [0, 0.1) is 6.92 Å². The molecule has 2 aromatic rings. The van der Waals surface area contributed by atoms with Gasteiger partial charge in [-0.1, -0.05) is 29.8 Å². The number of amides is 2. The van der Waals surface area contributed by atoms with Gasteiger partial charge in [0, 0.05) is 6.42 Å². The molecule has 130 valence electrons. The highest BCUT2D eigenvalue weighted by Gasteiger charge is 2.41. The molecule has 0 unspecified atom stereocenters. The lowest BCUT2D eigenvalue weighted by Gasteiger charge is -2.14. The number of quaternary nitrogens is 1. The van der Waals surface area contributed by atoms with Crippen LogP contribution in [0.1, 0.15) is 17.5 Å². The van der Waals surface area contributed by atoms with Gasteiger partial charge in [0.25, 0.3) is 5.91 Å². The Kier molecular flexibility index (Phi) is 5.14. The fourth-order valence-corrected chi connectivity index (χ4v) is 3.08. The van der Waals surface area contributed by atoms with Crippen molar-refractivity contribution in [2.45, 2.75) is 25.8 Å². The van der Waals surface area contributed by atoms with E-state index in [2.05, 4.69) is 0 Å². The Morgan fingerprint density at radius 1 is 1.16 bits per heavy atom. The number of hydrogen-bond acceptors (Lipinski definition) is 3. The lowest BCUT2D eigenvalue weighted by atomic mass is 10.1. The first kappa shape index (κ1) is 17.2. The van der Waals surface area contributed by atoms with Crippen LogP contribution in [-0.2, 0) is 16.0 Å². The van der Waals surface area contributed by atoms with Crippen molar-refractivity contribution in [1.29, 1.82) is 0 Å². The first-order valence-electron chi connectivity index (χ1n) is 8.48. The van der Waals surface area contributed by atoms with E-state index in [4.69, 9.17) is 4.74 Å². The molecule has 5 nitrogen and oxygen atoms in total. The van der Waals surface area contributed by atoms with Crippen molar-refractivity contribution in [3.8, 4) is 5.75 Å². The van der Waals surface area contributed by atoms with Crippen molar-refractivity contribution in [3.63, 3.8) is 0 Å². The third-order valence-electron chi connectivity index (χ3n) is 4.49. The molecule has 2 aromatic carbocycles. The Labute approximate surface area is 147 Å². The Morgan fingerprint density at radius 2 is 1.92 bits per heavy atom. The summed E-state index contributed by atoms with van der Waals surface area (Å²) in [6.07, 6.45) is 1.07. The molecule has 1 aliphatic rings. The molecular formula is C20H23N2O3+. The zero-order valence-electron chi connectivity index (χ0n) is 14.6. The molecule has 0 aromatic heterocycles. The number of rotatable bonds is 6. The topological polar surface area (TPSA) is 63.2 Å². The van der Waals surface area contributed by atoms with E-state index >= 15 is 0 Å². The summed E-state index contributed by atoms with van der Waals surface area (Å²) in [7, 11) is 1.65. The first-order chi connectivity index (χ1) is 12.1. The highest BCUT2D eigenvalue weighted by Crippen LogP contribution is 2.22. The monoisotopic (exact) mass is 339 g/mol. The second-order valence-corrected chi connectivity index (χ2v) is 6.34. The molecule has 0 radical (unpaired) electrons. The zero-order valence-corrected chi connectivity index (χ0v) is 14.6. The van der Waals surface area contributed by atoms with Gasteiger partial charge in [-0.2, -0.15) is 0 Å². The maximum absolute atomic E-state index is 12.6. The van der Waals surface area contributed by atoms with Gasteiger partial charge in [0.05, 0.1) is 25.8 Å². The number of carbonyl (C=O) groups excluding carboxylic acids is 2. The summed E-state index contributed by atoms with van der Waals surface area (Å²) in [6, 6.07) is 15.0. The third kappa shape index (κ3) is 3.88. The molecular weight excluding hydrogens is 316 g/mol. The molecule has 0 saturated carbocycles. The lowest BCUT2D eigenvalue weighted by molar-refractivity contribution is -0.674. The minimum atomic E-state index is -0.334. The van der Waals surface area contributed by atoms with Gasteiger partial charge in [-0.15, -0.1) is 0 Å². The summed E-state index contributed by atoms with van der Waals surface area (Å²) in [5, 5.41) is 1.97. The maximum atomic E-state index is 12.6. The van der Waals surface area contributed by atoms with Crippen molar-refractivity contribution >= 4 is 17.5 Å². The molecule has 1 saturated heterocycles. The number of nitrogens with zero attached hydrogens (tertiary/aromatic N) is 1. The van der Waals surface area contributed by atoms with Crippen LogP contribution < -0.4 is 15.0 Å². The fraction of sp³-hybridized carbons (Fsp3) is 0.300. The number of hydrogen-bond donors (Lipinski definition) is 1. The van der Waals surface area contributed by atoms with Crippen LogP contribution in [0.5, 0.6) is 5.75 Å². The smallest absolute Gasteiger partial charge is 0.292 e. The van der Waals surface area contributed by atoms with Crippen molar-refractivity contribution in [1.82, 2.24) is 0 Å². The molecule has 0 aliphatic carbocycles. The van der Waals surface area contributed by atoms with E-state index in [1.165, 1.54) is 4.90 Å². The van der Waals surface area contributed by atoms with Gasteiger partial charge in [0.15, 0.2) is 6.04 Å². The van der Waals surface area contributed by atoms with Crippen LogP contribution in [0.3, 0.4) is 0 Å². The van der Waals surface area contributed by atoms with Crippen LogP contribution in [0.15, 0.2) is 48.5 Å². The molecule has 1 aliphatic heterocycles. The number of nitrogens with two attached hydrogens (primary N) is 1. The average molecular weight is 339 g/mol. The number of benzene rings is 2. The largest absolute Gasteiger partial charge is 0.497 e. The van der Waals surface area contributed by atoms with Crippen LogP contribution >= 0.6 is 0 Å². The van der Waals surface area contributed by atoms with Crippen molar-refractivity contribution in [2.24, 2.45) is 0 Å². The van der Waals surface area contributed by atoms with Gasteiger partial charge in [0.2, 0.25) is 5.91 Å². The number of aryl methyl sites for hydroxylation is 1. The van der Waals surface area contributed by atoms with E-state index in [1.54, 1.807) is 7.11 Å². The summed E-state index contributed by atoms with van der Waals surface area (Å²) in [5.74, 6) is 0.575. The van der Waals surface area contributed by atoms with Crippen molar-refractivity contribution in [2.75, 3.05) is 18.6 Å². The van der Waals surface area contributed by atoms with Gasteiger partial charge in [-0.05, 0) is 36.8 Å². The summed E-state index contributed by atoms with van der Waals surface area (Å²) in [5.41, 5.74) is 2.91. The molecule has 1 fully saturated rings. The maximum Gasteiger partial charge on any atom is 0.292 e. The minimum absolute atomic E-state index is 0.125. The van der Waals surface area contributed by atoms with Crippen LogP contribution in [0.2, 0.25) is 0 Å². The normalized spacial score (nSPS) is 17.2. The Bertz CT molecular complexity index is 771. The molecule has 25 heavy (non-hydrogen) atoms. The van der Waals surface area contributed by atoms with Crippen LogP contribution in [-0.4, -0.2) is 31.5 Å². The van der Waals surface area contributed by atoms with E-state index in [-0.39, 0.29) is 24.3 Å². The second-order valence-electron chi connectivity index (χ2n) is 6.34. The number of methoxy groups -OCH3 is 1. The van der Waals surface area contributed by atoms with Crippen LogP contribution in [0.25, 0.3) is 0 Å². The molecule has 2 amide bonds. The van der Waals surface area contributed by atoms with Gasteiger partial charge < -0.3 is 10.1 Å². The minimum Gasteiger partial charge on any atom is -0.497 e. The summed E-state index contributed by atoms with van der Waals surface area (Å²) >= 11 is 0. The average Bonchev–Trinajstić information content (AvgIpc) is 2.90. The predicted octanol–water partition coefficient (Wildman–Crippen LogP) is 1.44. The first-order valence-corrected chi connectivity index (χ1v) is 8.48. The quantitative estimate of drug-likeness (QED) is 0.810. The van der Waals surface area contributed by atoms with Gasteiger partial charge in [-0.25, -0.2) is 4.90 Å². The third-order valence-corrected chi connectivity index (χ3v) is 4.49. The van der Waals surface area contributed by atoms with Gasteiger partial charge in [-0.3, -0.25) is 9.59 Å². The summed E-state index contributed by atoms with van der Waals surface area (Å²) in [6.45, 7) is 2.73. The number of anilines is 1. The Morgan fingerprint density at radius 3 is 2.64 bits per heavy atom. The predicted molar refractivity (Wildman–Crippen MR) is 95.6 cm³/mol. The second kappa shape index (κ2) is 7.49. The molecule has 5 heteroatoms. The lowest BCUT2D eigenvalue weighted by Crippen LogP contribution is -2.92. The number of ether oxygens (including phenoxy) is 1. The summed E-state index contributed by atoms with van der Waals surface area (Å²) < 4.78 is 5.22. The number of carbonyl (C=O) groups is 2. The number of imide groups is 1. The van der Waals surface area contributed by atoms with Gasteiger partial charge in [0.1, 0.15) is 5.75 Å². The van der Waals surface area contributed by atoms with Crippen molar-refractivity contribution in [3.05, 3.63) is 59.7 Å². The highest BCUT2D eigenvalue weighted by atomic mass is 16.5. The van der Waals surface area contributed by atoms with E-state index in [1.807, 2.05) is 60.8 Å². The molecule has 1 heterocycles. The zero-order chi connectivity index (χ0) is 17.8. The Balaban J connectivity index is 1.59. The van der Waals surface area contributed by atoms with Crippen molar-refractivity contribution < 1.29 is 19.6 Å². The molecule has 0 spiro atoms. The van der Waals surface area contributed by atoms with E-state index < -0.39 is 0 Å². The fourth-order valence-electron chi connectivity index (χ4n) is 3.08. The molecule has 2 N–H and O–H groups in total.